The molecular formula is C18H20N2O4. The molecule has 1 aromatic carbocycles. The van der Waals surface area contributed by atoms with Gasteiger partial charge in [0.05, 0.1) is 11.8 Å². The van der Waals surface area contributed by atoms with Gasteiger partial charge in [0.15, 0.2) is 0 Å². The van der Waals surface area contributed by atoms with Gasteiger partial charge in [-0.1, -0.05) is 12.2 Å². The zero-order valence-corrected chi connectivity index (χ0v) is 13.4. The van der Waals surface area contributed by atoms with Crippen LogP contribution in [0.25, 0.3) is 0 Å². The minimum Gasteiger partial charge on any atom is -0.481 e. The van der Waals surface area contributed by atoms with Crippen molar-refractivity contribution in [3.05, 3.63) is 42.0 Å². The smallest absolute Gasteiger partial charge is 0.307 e. The van der Waals surface area contributed by atoms with Crippen molar-refractivity contribution in [2.75, 3.05) is 11.9 Å². The molecule has 3 rings (SSSR count). The van der Waals surface area contributed by atoms with E-state index in [1.165, 1.54) is 0 Å². The van der Waals surface area contributed by atoms with E-state index in [2.05, 4.69) is 10.6 Å². The minimum absolute atomic E-state index is 0.00861. The SMILES string of the molecule is CCNC(=O)c1ccc(NC(=O)[C@@H]2[C@@H](C(=O)O)[C@H]3C=C[C@H]2C3)cc1. The van der Waals surface area contributed by atoms with Crippen molar-refractivity contribution in [1.82, 2.24) is 5.32 Å². The second-order valence-electron chi connectivity index (χ2n) is 6.26. The topological polar surface area (TPSA) is 95.5 Å². The lowest BCUT2D eigenvalue weighted by molar-refractivity contribution is -0.146. The summed E-state index contributed by atoms with van der Waals surface area (Å²) >= 11 is 0. The van der Waals surface area contributed by atoms with Crippen molar-refractivity contribution in [3.8, 4) is 0 Å². The van der Waals surface area contributed by atoms with E-state index in [1.54, 1.807) is 24.3 Å². The number of amides is 2. The second-order valence-corrected chi connectivity index (χ2v) is 6.26. The highest BCUT2D eigenvalue weighted by molar-refractivity contribution is 5.98. The molecule has 0 aromatic heterocycles. The van der Waals surface area contributed by atoms with E-state index in [0.717, 1.165) is 6.42 Å². The van der Waals surface area contributed by atoms with E-state index in [1.807, 2.05) is 19.1 Å². The van der Waals surface area contributed by atoms with Gasteiger partial charge in [-0.05, 0) is 49.4 Å². The summed E-state index contributed by atoms with van der Waals surface area (Å²) in [6, 6.07) is 6.58. The number of hydrogen-bond donors (Lipinski definition) is 3. The number of rotatable bonds is 5. The predicted molar refractivity (Wildman–Crippen MR) is 88.4 cm³/mol. The number of anilines is 1. The average Bonchev–Trinajstić information content (AvgIpc) is 3.16. The van der Waals surface area contributed by atoms with Gasteiger partial charge in [-0.3, -0.25) is 14.4 Å². The van der Waals surface area contributed by atoms with E-state index < -0.39 is 17.8 Å². The molecule has 2 amide bonds. The summed E-state index contributed by atoms with van der Waals surface area (Å²) < 4.78 is 0. The molecule has 2 aliphatic rings. The predicted octanol–water partition coefficient (Wildman–Crippen LogP) is 1.90. The Bertz CT molecular complexity index is 695. The molecular weight excluding hydrogens is 308 g/mol. The van der Waals surface area contributed by atoms with Crippen LogP contribution in [0.1, 0.15) is 23.7 Å². The lowest BCUT2D eigenvalue weighted by Gasteiger charge is -2.23. The Morgan fingerprint density at radius 1 is 1.08 bits per heavy atom. The third-order valence-corrected chi connectivity index (χ3v) is 4.80. The molecule has 0 saturated heterocycles. The summed E-state index contributed by atoms with van der Waals surface area (Å²) in [4.78, 5) is 35.8. The standard InChI is InChI=1S/C18H20N2O4/c1-2-19-16(21)10-5-7-13(8-6-10)20-17(22)14-11-3-4-12(9-11)15(14)18(23)24/h3-8,11-12,14-15H,2,9H2,1H3,(H,19,21)(H,20,22)(H,23,24)/t11-,12-,14-,15-/m0/s1. The van der Waals surface area contributed by atoms with Crippen molar-refractivity contribution in [3.63, 3.8) is 0 Å². The lowest BCUT2D eigenvalue weighted by atomic mass is 9.82. The van der Waals surface area contributed by atoms with Crippen molar-refractivity contribution < 1.29 is 19.5 Å². The van der Waals surface area contributed by atoms with Gasteiger partial charge in [-0.15, -0.1) is 0 Å². The monoisotopic (exact) mass is 328 g/mol. The summed E-state index contributed by atoms with van der Waals surface area (Å²) in [5.74, 6) is -2.62. The number of benzene rings is 1. The first-order chi connectivity index (χ1) is 11.5. The zero-order valence-electron chi connectivity index (χ0n) is 13.4. The number of allylic oxidation sites excluding steroid dienone is 2. The molecule has 1 aromatic rings. The van der Waals surface area contributed by atoms with Crippen LogP contribution in [0.4, 0.5) is 5.69 Å². The number of carboxylic acids is 1. The van der Waals surface area contributed by atoms with Gasteiger partial charge in [-0.25, -0.2) is 0 Å². The fourth-order valence-electron chi connectivity index (χ4n) is 3.71. The molecule has 2 bridgehead atoms. The van der Waals surface area contributed by atoms with E-state index in [9.17, 15) is 19.5 Å². The molecule has 2 aliphatic carbocycles. The molecule has 0 spiro atoms. The quantitative estimate of drug-likeness (QED) is 0.719. The second kappa shape index (κ2) is 6.47. The Kier molecular flexibility index (Phi) is 4.38. The number of hydrogen-bond acceptors (Lipinski definition) is 3. The molecule has 0 unspecified atom stereocenters. The van der Waals surface area contributed by atoms with E-state index in [0.29, 0.717) is 17.8 Å². The average molecular weight is 328 g/mol. The van der Waals surface area contributed by atoms with Gasteiger partial charge in [0.1, 0.15) is 0 Å². The molecule has 3 N–H and O–H groups in total. The van der Waals surface area contributed by atoms with Crippen LogP contribution in [-0.2, 0) is 9.59 Å². The van der Waals surface area contributed by atoms with Crippen LogP contribution in [0, 0.1) is 23.7 Å². The molecule has 1 saturated carbocycles. The van der Waals surface area contributed by atoms with Crippen LogP contribution >= 0.6 is 0 Å². The highest BCUT2D eigenvalue weighted by Gasteiger charge is 2.51. The normalized spacial score (nSPS) is 27.0. The first-order valence-corrected chi connectivity index (χ1v) is 8.11. The summed E-state index contributed by atoms with van der Waals surface area (Å²) in [5, 5.41) is 14.9. The van der Waals surface area contributed by atoms with Crippen LogP contribution in [0.2, 0.25) is 0 Å². The summed E-state index contributed by atoms with van der Waals surface area (Å²) in [6.07, 6.45) is 4.59. The minimum atomic E-state index is -0.918. The Labute approximate surface area is 139 Å². The number of aliphatic carboxylic acids is 1. The van der Waals surface area contributed by atoms with Gasteiger partial charge in [-0.2, -0.15) is 0 Å². The fraction of sp³-hybridized carbons (Fsp3) is 0.389. The van der Waals surface area contributed by atoms with Crippen LogP contribution in [0.5, 0.6) is 0 Å². The Hall–Kier alpha value is -2.63. The van der Waals surface area contributed by atoms with Crippen molar-refractivity contribution in [2.45, 2.75) is 13.3 Å². The molecule has 126 valence electrons. The summed E-state index contributed by atoms with van der Waals surface area (Å²) in [5.41, 5.74) is 1.07. The van der Waals surface area contributed by atoms with E-state index in [4.69, 9.17) is 0 Å². The van der Waals surface area contributed by atoms with Gasteiger partial charge < -0.3 is 15.7 Å². The van der Waals surface area contributed by atoms with Crippen molar-refractivity contribution >= 4 is 23.5 Å². The lowest BCUT2D eigenvalue weighted by Crippen LogP contribution is -2.36. The Morgan fingerprint density at radius 3 is 2.29 bits per heavy atom. The molecule has 24 heavy (non-hydrogen) atoms. The molecule has 6 heteroatoms. The van der Waals surface area contributed by atoms with Gasteiger partial charge in [0.2, 0.25) is 5.91 Å². The summed E-state index contributed by atoms with van der Waals surface area (Å²) in [6.45, 7) is 2.39. The fourth-order valence-corrected chi connectivity index (χ4v) is 3.71. The van der Waals surface area contributed by atoms with Crippen LogP contribution in [-0.4, -0.2) is 29.4 Å². The molecule has 0 radical (unpaired) electrons. The molecule has 4 atom stereocenters. The van der Waals surface area contributed by atoms with Crippen molar-refractivity contribution in [1.29, 1.82) is 0 Å². The Morgan fingerprint density at radius 2 is 1.71 bits per heavy atom. The number of carbonyl (C=O) groups excluding carboxylic acids is 2. The van der Waals surface area contributed by atoms with Crippen molar-refractivity contribution in [2.24, 2.45) is 23.7 Å². The van der Waals surface area contributed by atoms with Crippen LogP contribution in [0.15, 0.2) is 36.4 Å². The maximum Gasteiger partial charge on any atom is 0.307 e. The third kappa shape index (κ3) is 2.91. The van der Waals surface area contributed by atoms with Gasteiger partial charge in [0, 0.05) is 17.8 Å². The summed E-state index contributed by atoms with van der Waals surface area (Å²) in [7, 11) is 0. The number of carbonyl (C=O) groups is 3. The van der Waals surface area contributed by atoms with Gasteiger partial charge in [0.25, 0.3) is 5.91 Å². The molecule has 1 fully saturated rings. The highest BCUT2D eigenvalue weighted by Crippen LogP contribution is 2.48. The first kappa shape index (κ1) is 16.2. The van der Waals surface area contributed by atoms with Crippen LogP contribution in [0.3, 0.4) is 0 Å². The van der Waals surface area contributed by atoms with Crippen LogP contribution < -0.4 is 10.6 Å². The first-order valence-electron chi connectivity index (χ1n) is 8.11. The maximum atomic E-state index is 12.6. The maximum absolute atomic E-state index is 12.6. The number of carboxylic acid groups (broad SMARTS) is 1. The highest BCUT2D eigenvalue weighted by atomic mass is 16.4. The van der Waals surface area contributed by atoms with E-state index in [-0.39, 0.29) is 23.7 Å². The molecule has 0 heterocycles. The Balaban J connectivity index is 1.70. The molecule has 6 nitrogen and oxygen atoms in total. The van der Waals surface area contributed by atoms with E-state index >= 15 is 0 Å². The third-order valence-electron chi connectivity index (χ3n) is 4.80. The zero-order chi connectivity index (χ0) is 17.3. The molecule has 0 aliphatic heterocycles. The number of fused-ring (bicyclic) bond motifs is 2. The largest absolute Gasteiger partial charge is 0.481 e. The van der Waals surface area contributed by atoms with Gasteiger partial charge >= 0.3 is 5.97 Å². The number of nitrogens with one attached hydrogen (secondary N) is 2.